The average Bonchev–Trinajstić information content (AvgIpc) is 2.77. The summed E-state index contributed by atoms with van der Waals surface area (Å²) in [5, 5.41) is 0. The molecule has 0 heterocycles. The number of ether oxygens (including phenoxy) is 7. The zero-order valence-electron chi connectivity index (χ0n) is 20.3. The molecule has 0 aromatic rings. The standard InChI is InChI=1S/C22H44O8/c1-9-18(3)15-19(27-7)21(10-2,20(23)29-17-26-6)16-22(28-8,11-12-24-4)30-14-13-25-5/h18-19H,9-17H2,1-8H3. The average molecular weight is 437 g/mol. The van der Waals surface area contributed by atoms with Crippen molar-refractivity contribution in [3.63, 3.8) is 0 Å². The van der Waals surface area contributed by atoms with E-state index in [0.717, 1.165) is 6.42 Å². The van der Waals surface area contributed by atoms with Gasteiger partial charge in [-0.25, -0.2) is 0 Å². The van der Waals surface area contributed by atoms with E-state index in [-0.39, 0.29) is 25.3 Å². The van der Waals surface area contributed by atoms with Gasteiger partial charge in [0, 0.05) is 48.4 Å². The fraction of sp³-hybridized carbons (Fsp3) is 0.955. The van der Waals surface area contributed by atoms with E-state index in [1.165, 1.54) is 7.11 Å². The molecule has 0 bridgehead atoms. The smallest absolute Gasteiger partial charge is 0.317 e. The van der Waals surface area contributed by atoms with Crippen molar-refractivity contribution in [3.05, 3.63) is 0 Å². The molecule has 0 aliphatic carbocycles. The molecule has 8 nitrogen and oxygen atoms in total. The quantitative estimate of drug-likeness (QED) is 0.173. The lowest BCUT2D eigenvalue weighted by Gasteiger charge is -2.44. The zero-order chi connectivity index (χ0) is 23.0. The Morgan fingerprint density at radius 3 is 2.07 bits per heavy atom. The van der Waals surface area contributed by atoms with Crippen molar-refractivity contribution in [1.29, 1.82) is 0 Å². The Morgan fingerprint density at radius 1 is 0.933 bits per heavy atom. The Balaban J connectivity index is 6.13. The predicted octanol–water partition coefficient (Wildman–Crippen LogP) is 3.41. The molecule has 0 rings (SSSR count). The van der Waals surface area contributed by atoms with E-state index in [1.807, 2.05) is 6.92 Å². The second-order valence-electron chi connectivity index (χ2n) is 7.70. The summed E-state index contributed by atoms with van der Waals surface area (Å²) < 4.78 is 38.8. The van der Waals surface area contributed by atoms with Gasteiger partial charge in [-0.15, -0.1) is 0 Å². The van der Waals surface area contributed by atoms with E-state index in [9.17, 15) is 4.79 Å². The van der Waals surface area contributed by atoms with Crippen molar-refractivity contribution >= 4 is 5.97 Å². The lowest BCUT2D eigenvalue weighted by atomic mass is 9.70. The van der Waals surface area contributed by atoms with Gasteiger partial charge in [-0.1, -0.05) is 27.2 Å². The maximum Gasteiger partial charge on any atom is 0.317 e. The summed E-state index contributed by atoms with van der Waals surface area (Å²) in [4.78, 5) is 13.4. The van der Waals surface area contributed by atoms with E-state index < -0.39 is 11.2 Å². The Hall–Kier alpha value is -0.770. The minimum absolute atomic E-state index is 0.122. The van der Waals surface area contributed by atoms with Crippen LogP contribution < -0.4 is 0 Å². The fourth-order valence-corrected chi connectivity index (χ4v) is 3.64. The topological polar surface area (TPSA) is 81.7 Å². The Kier molecular flexibility index (Phi) is 15.5. The first kappa shape index (κ1) is 29.2. The van der Waals surface area contributed by atoms with Gasteiger partial charge >= 0.3 is 5.97 Å². The second-order valence-corrected chi connectivity index (χ2v) is 7.70. The summed E-state index contributed by atoms with van der Waals surface area (Å²) in [7, 11) is 7.94. The van der Waals surface area contributed by atoms with Crippen molar-refractivity contribution in [3.8, 4) is 0 Å². The first-order valence-electron chi connectivity index (χ1n) is 10.7. The van der Waals surface area contributed by atoms with Crippen LogP contribution in [0.25, 0.3) is 0 Å². The summed E-state index contributed by atoms with van der Waals surface area (Å²) >= 11 is 0. The lowest BCUT2D eigenvalue weighted by Crippen LogP contribution is -2.52. The highest BCUT2D eigenvalue weighted by Gasteiger charge is 2.52. The van der Waals surface area contributed by atoms with Crippen molar-refractivity contribution in [2.75, 3.05) is 62.2 Å². The molecule has 0 saturated carbocycles. The monoisotopic (exact) mass is 436 g/mol. The minimum Gasteiger partial charge on any atom is -0.438 e. The van der Waals surface area contributed by atoms with E-state index in [0.29, 0.717) is 45.0 Å². The fourth-order valence-electron chi connectivity index (χ4n) is 3.64. The number of carbonyl (C=O) groups is 1. The Bertz CT molecular complexity index is 447. The van der Waals surface area contributed by atoms with Crippen molar-refractivity contribution in [1.82, 2.24) is 0 Å². The Labute approximate surface area is 182 Å². The highest BCUT2D eigenvalue weighted by atomic mass is 16.7. The largest absolute Gasteiger partial charge is 0.438 e. The molecular weight excluding hydrogens is 392 g/mol. The van der Waals surface area contributed by atoms with Crippen LogP contribution >= 0.6 is 0 Å². The van der Waals surface area contributed by atoms with E-state index in [2.05, 4.69) is 13.8 Å². The normalized spacial score (nSPS) is 17.7. The van der Waals surface area contributed by atoms with Crippen LogP contribution in [-0.4, -0.2) is 80.0 Å². The lowest BCUT2D eigenvalue weighted by molar-refractivity contribution is -0.262. The minimum atomic E-state index is -1.05. The molecule has 0 spiro atoms. The van der Waals surface area contributed by atoms with Crippen molar-refractivity contribution in [2.24, 2.45) is 11.3 Å². The highest BCUT2D eigenvalue weighted by Crippen LogP contribution is 2.44. The molecule has 0 fully saturated rings. The molecule has 180 valence electrons. The van der Waals surface area contributed by atoms with Crippen molar-refractivity contribution in [2.45, 2.75) is 64.8 Å². The molecule has 0 aliphatic rings. The van der Waals surface area contributed by atoms with Gasteiger partial charge in [-0.2, -0.15) is 0 Å². The van der Waals surface area contributed by atoms with Gasteiger partial charge in [-0.05, 0) is 18.8 Å². The van der Waals surface area contributed by atoms with E-state index >= 15 is 0 Å². The van der Waals surface area contributed by atoms with E-state index in [4.69, 9.17) is 33.2 Å². The van der Waals surface area contributed by atoms with Gasteiger partial charge in [0.05, 0.1) is 31.3 Å². The first-order chi connectivity index (χ1) is 14.3. The van der Waals surface area contributed by atoms with Gasteiger partial charge < -0.3 is 33.2 Å². The van der Waals surface area contributed by atoms with Gasteiger partial charge in [0.15, 0.2) is 12.6 Å². The number of rotatable bonds is 19. The number of carbonyl (C=O) groups excluding carboxylic acids is 1. The molecule has 8 heteroatoms. The number of methoxy groups -OCH3 is 5. The molecule has 0 radical (unpaired) electrons. The van der Waals surface area contributed by atoms with Crippen molar-refractivity contribution < 1.29 is 38.0 Å². The molecule has 0 aliphatic heterocycles. The van der Waals surface area contributed by atoms with Gasteiger partial charge in [0.25, 0.3) is 0 Å². The molecule has 0 N–H and O–H groups in total. The van der Waals surface area contributed by atoms with Crippen LogP contribution in [0.4, 0.5) is 0 Å². The summed E-state index contributed by atoms with van der Waals surface area (Å²) in [5.41, 5.74) is -0.979. The summed E-state index contributed by atoms with van der Waals surface area (Å²) in [5.74, 6) is -1.05. The molecule has 4 unspecified atom stereocenters. The Morgan fingerprint density at radius 2 is 1.60 bits per heavy atom. The van der Waals surface area contributed by atoms with Crippen LogP contribution in [0.1, 0.15) is 52.9 Å². The van der Waals surface area contributed by atoms with Crippen LogP contribution in [0.2, 0.25) is 0 Å². The summed E-state index contributed by atoms with van der Waals surface area (Å²) in [6, 6.07) is 0. The van der Waals surface area contributed by atoms with Gasteiger partial charge in [-0.3, -0.25) is 4.79 Å². The molecule has 0 amide bonds. The molecule has 4 atom stereocenters. The van der Waals surface area contributed by atoms with Crippen LogP contribution in [-0.2, 0) is 38.0 Å². The number of hydrogen-bond donors (Lipinski definition) is 0. The third kappa shape index (κ3) is 8.77. The van der Waals surface area contributed by atoms with Crippen LogP contribution in [0.5, 0.6) is 0 Å². The van der Waals surface area contributed by atoms with Crippen LogP contribution in [0.15, 0.2) is 0 Å². The first-order valence-corrected chi connectivity index (χ1v) is 10.7. The maximum absolute atomic E-state index is 13.4. The third-order valence-electron chi connectivity index (χ3n) is 5.86. The van der Waals surface area contributed by atoms with E-state index in [1.54, 1.807) is 28.4 Å². The summed E-state index contributed by atoms with van der Waals surface area (Å²) in [6.45, 7) is 7.26. The third-order valence-corrected chi connectivity index (χ3v) is 5.86. The highest BCUT2D eigenvalue weighted by molar-refractivity contribution is 5.77. The second kappa shape index (κ2) is 15.9. The van der Waals surface area contributed by atoms with Gasteiger partial charge in [0.1, 0.15) is 0 Å². The molecule has 30 heavy (non-hydrogen) atoms. The molecule has 0 aromatic carbocycles. The van der Waals surface area contributed by atoms with Crippen LogP contribution in [0.3, 0.4) is 0 Å². The molecular formula is C22H44O8. The molecule has 0 saturated heterocycles. The predicted molar refractivity (Wildman–Crippen MR) is 114 cm³/mol. The maximum atomic E-state index is 13.4. The number of hydrogen-bond acceptors (Lipinski definition) is 8. The van der Waals surface area contributed by atoms with Crippen LogP contribution in [0, 0.1) is 11.3 Å². The number of esters is 1. The van der Waals surface area contributed by atoms with Gasteiger partial charge in [0.2, 0.25) is 0 Å². The zero-order valence-corrected chi connectivity index (χ0v) is 20.3. The molecule has 0 aromatic heterocycles. The summed E-state index contributed by atoms with van der Waals surface area (Å²) in [6.07, 6.45) is 2.53. The SMILES string of the molecule is CCC(C)CC(OC)C(CC)(CC(CCOC)(OC)OCCOC)C(=O)OCOC.